The summed E-state index contributed by atoms with van der Waals surface area (Å²) in [7, 11) is -4.26. The number of ether oxygens (including phenoxy) is 2. The van der Waals surface area contributed by atoms with Gasteiger partial charge in [-0.15, -0.1) is 12.3 Å². The summed E-state index contributed by atoms with van der Waals surface area (Å²) in [6.45, 7) is 6.37. The summed E-state index contributed by atoms with van der Waals surface area (Å²) < 4.78 is 67.8. The second kappa shape index (κ2) is 16.1. The van der Waals surface area contributed by atoms with Crippen LogP contribution in [-0.4, -0.2) is 94.6 Å². The third kappa shape index (κ3) is 8.44. The second-order valence-electron chi connectivity index (χ2n) is 18.3. The minimum absolute atomic E-state index is 0.0997. The Balaban J connectivity index is 1.24. The van der Waals surface area contributed by atoms with Crippen LogP contribution in [-0.2, 0) is 35.6 Å². The fraction of sp³-hybridized carbons (Fsp3) is 0.643. The van der Waals surface area contributed by atoms with Gasteiger partial charge < -0.3 is 25.0 Å². The first-order chi connectivity index (χ1) is 28.3. The van der Waals surface area contributed by atoms with Gasteiger partial charge in [-0.3, -0.25) is 19.1 Å². The van der Waals surface area contributed by atoms with Gasteiger partial charge in [-0.05, 0) is 81.9 Å². The zero-order chi connectivity index (χ0) is 43.4. The third-order valence-corrected chi connectivity index (χ3v) is 15.1. The van der Waals surface area contributed by atoms with Crippen LogP contribution in [0.3, 0.4) is 0 Å². The maximum absolute atomic E-state index is 14.8. The number of nitrogens with zero attached hydrogens (tertiary/aromatic N) is 4. The van der Waals surface area contributed by atoms with Crippen LogP contribution in [0.15, 0.2) is 18.2 Å². The molecule has 0 unspecified atom stereocenters. The Morgan fingerprint density at radius 2 is 1.83 bits per heavy atom. The summed E-state index contributed by atoms with van der Waals surface area (Å²) in [5.41, 5.74) is -1.44. The predicted molar refractivity (Wildman–Crippen MR) is 212 cm³/mol. The molecule has 18 heteroatoms. The van der Waals surface area contributed by atoms with Gasteiger partial charge in [-0.1, -0.05) is 33.6 Å². The molecule has 3 heterocycles. The highest BCUT2D eigenvalue weighted by molar-refractivity contribution is 7.91. The fourth-order valence-corrected chi connectivity index (χ4v) is 10.1. The lowest BCUT2D eigenvalue weighted by Crippen LogP contribution is -2.60. The van der Waals surface area contributed by atoms with Crippen LogP contribution in [0.25, 0.3) is 11.0 Å². The van der Waals surface area contributed by atoms with Crippen molar-refractivity contribution in [2.75, 3.05) is 6.54 Å². The van der Waals surface area contributed by atoms with E-state index in [0.717, 1.165) is 12.8 Å². The van der Waals surface area contributed by atoms with E-state index in [1.54, 1.807) is 39.0 Å². The first-order valence-corrected chi connectivity index (χ1v) is 22.1. The molecular formula is C42H51F2N7O8S. The summed E-state index contributed by atoms with van der Waals surface area (Å²) in [6.07, 6.45) is 5.04. The van der Waals surface area contributed by atoms with Crippen molar-refractivity contribution in [2.24, 2.45) is 23.2 Å². The van der Waals surface area contributed by atoms with Gasteiger partial charge in [-0.2, -0.15) is 5.26 Å². The third-order valence-electron chi connectivity index (χ3n) is 12.9. The molecule has 0 spiro atoms. The number of carbonyl (C=O) groups excluding carboxylic acids is 4. The molecule has 3 aliphatic carbocycles. The number of alkyl carbamates (subject to hydrolysis) is 1. The van der Waals surface area contributed by atoms with Crippen molar-refractivity contribution < 1.29 is 45.9 Å². The number of hydrogen-bond donors (Lipinski definition) is 3. The number of nitrogens with one attached hydrogen (secondary N) is 3. The molecule has 7 rings (SSSR count). The Morgan fingerprint density at radius 3 is 2.48 bits per heavy atom. The Labute approximate surface area is 348 Å². The normalized spacial score (nSPS) is 30.6. The van der Waals surface area contributed by atoms with E-state index in [-0.39, 0.29) is 43.5 Å². The van der Waals surface area contributed by atoms with Gasteiger partial charge in [0.1, 0.15) is 35.5 Å². The molecular weight excluding hydrogens is 801 g/mol. The molecule has 2 aliphatic heterocycles. The average molecular weight is 852 g/mol. The lowest BCUT2D eigenvalue weighted by Gasteiger charge is -2.35. The number of aryl methyl sites for hydroxylation is 1. The Hall–Kier alpha value is -5.10. The average Bonchev–Trinajstić information content (AvgIpc) is 4.03. The van der Waals surface area contributed by atoms with E-state index < -0.39 is 92.6 Å². The number of carbonyl (C=O) groups is 4. The number of terminal acetylenes is 1. The first kappa shape index (κ1) is 43.0. The summed E-state index contributed by atoms with van der Waals surface area (Å²) in [5, 5.41) is 14.7. The molecule has 4 amide bonds. The smallest absolute Gasteiger partial charge is 0.408 e. The second-order valence-corrected chi connectivity index (χ2v) is 20.5. The lowest BCUT2D eigenvalue weighted by molar-refractivity contribution is -0.143. The van der Waals surface area contributed by atoms with Crippen LogP contribution in [0, 0.1) is 46.8 Å². The molecule has 0 radical (unpaired) electrons. The number of rotatable bonds is 6. The van der Waals surface area contributed by atoms with Crippen molar-refractivity contribution in [3.63, 3.8) is 0 Å². The van der Waals surface area contributed by atoms with Crippen molar-refractivity contribution >= 4 is 44.9 Å². The van der Waals surface area contributed by atoms with Crippen molar-refractivity contribution in [3.05, 3.63) is 29.5 Å². The summed E-state index contributed by atoms with van der Waals surface area (Å²) in [5.74, 6) is -1.88. The van der Waals surface area contributed by atoms with Gasteiger partial charge in [0.15, 0.2) is 0 Å². The number of benzene rings is 1. The number of alkyl halides is 2. The van der Waals surface area contributed by atoms with E-state index in [9.17, 15) is 41.6 Å². The summed E-state index contributed by atoms with van der Waals surface area (Å²) in [4.78, 5) is 67.2. The number of aromatic nitrogens is 2. The van der Waals surface area contributed by atoms with Crippen molar-refractivity contribution in [1.82, 2.24) is 30.2 Å². The van der Waals surface area contributed by atoms with Crippen molar-refractivity contribution in [1.29, 1.82) is 5.26 Å². The molecule has 3 N–H and O–H groups in total. The Kier molecular flexibility index (Phi) is 11.5. The molecule has 1 saturated heterocycles. The van der Waals surface area contributed by atoms with Gasteiger partial charge in [-0.25, -0.2) is 32.0 Å². The molecule has 60 heavy (non-hydrogen) atoms. The molecule has 15 nitrogen and oxygen atoms in total. The van der Waals surface area contributed by atoms with Crippen molar-refractivity contribution in [3.8, 4) is 24.3 Å². The maximum Gasteiger partial charge on any atom is 0.408 e. The Morgan fingerprint density at radius 1 is 1.08 bits per heavy atom. The standard InChI is InChI=1S/C42H51F2N7O8S/c1-6-24-13-15-32-26(24)10-8-7-9-11-29-36(47-30-18-23(21-45)12-14-28(30)46-29)58-25-19-31(51(22-25)37(53)33(40(2,3)4)48-39(55)59-32)35(52)49-42(20-27(42)34(43)44)38(54)50-60(56,57)41(5)16-17-41/h1,12,14,18,24-27,31-34H,7-11,13,15-17,19-20,22H2,2-5H3,(H,48,55)(H,49,52)(H,50,54)/t24-,25+,26+,27-,31-,32+,33+,42+/m0/s1. The highest BCUT2D eigenvalue weighted by Gasteiger charge is 2.67. The first-order valence-electron chi connectivity index (χ1n) is 20.6. The minimum atomic E-state index is -4.26. The topological polar surface area (TPSA) is 210 Å². The summed E-state index contributed by atoms with van der Waals surface area (Å²) in [6, 6.07) is 4.29. The number of halogens is 2. The summed E-state index contributed by atoms with van der Waals surface area (Å²) >= 11 is 0. The van der Waals surface area contributed by atoms with Crippen LogP contribution < -0.4 is 20.1 Å². The zero-order valence-electron chi connectivity index (χ0n) is 34.1. The molecule has 1 aromatic heterocycles. The van der Waals surface area contributed by atoms with E-state index in [1.165, 1.54) is 11.8 Å². The van der Waals surface area contributed by atoms with Gasteiger partial charge in [0.2, 0.25) is 34.1 Å². The number of fused-ring (bicyclic) bond motifs is 5. The highest BCUT2D eigenvalue weighted by atomic mass is 32.2. The number of amides is 4. The van der Waals surface area contributed by atoms with Gasteiger partial charge >= 0.3 is 6.09 Å². The number of nitriles is 1. The van der Waals surface area contributed by atoms with E-state index in [0.29, 0.717) is 54.4 Å². The van der Waals surface area contributed by atoms with Crippen LogP contribution in [0.4, 0.5) is 13.6 Å². The fourth-order valence-electron chi connectivity index (χ4n) is 8.80. The molecule has 3 saturated carbocycles. The monoisotopic (exact) mass is 851 g/mol. The zero-order valence-corrected chi connectivity index (χ0v) is 34.9. The molecule has 1 aromatic carbocycles. The minimum Gasteiger partial charge on any atom is -0.471 e. The molecule has 4 fully saturated rings. The van der Waals surface area contributed by atoms with Gasteiger partial charge in [0.05, 0.1) is 39.9 Å². The Bertz CT molecular complexity index is 2270. The molecule has 5 aliphatic rings. The highest BCUT2D eigenvalue weighted by Crippen LogP contribution is 2.49. The van der Waals surface area contributed by atoms with E-state index >= 15 is 0 Å². The number of sulfonamides is 1. The predicted octanol–water partition coefficient (Wildman–Crippen LogP) is 4.27. The molecule has 2 aromatic rings. The van der Waals surface area contributed by atoms with Gasteiger partial charge in [0.25, 0.3) is 5.91 Å². The largest absolute Gasteiger partial charge is 0.471 e. The van der Waals surface area contributed by atoms with E-state index in [2.05, 4.69) is 22.6 Å². The van der Waals surface area contributed by atoms with E-state index in [1.807, 2.05) is 4.72 Å². The molecule has 2 bridgehead atoms. The molecule has 322 valence electrons. The number of hydrogen-bond acceptors (Lipinski definition) is 11. The van der Waals surface area contributed by atoms with Gasteiger partial charge in [0, 0.05) is 18.3 Å². The van der Waals surface area contributed by atoms with Crippen LogP contribution in [0.2, 0.25) is 0 Å². The van der Waals surface area contributed by atoms with Crippen LogP contribution >= 0.6 is 0 Å². The lowest BCUT2D eigenvalue weighted by atomic mass is 9.85. The quantitative estimate of drug-likeness (QED) is 0.350. The maximum atomic E-state index is 14.8. The SMILES string of the molecule is C#C[C@H]1CC[C@H]2OC(=O)N[C@@H](C(C)(C)C)C(=O)N3C[C@@H](C[C@H]3C(=O)N[C@]3(C(=O)NS(=O)(=O)C4(C)CC4)C[C@H]3C(F)F)Oc3nc4cc(C#N)ccc4nc3CCCCC[C@H]12. The molecule has 8 atom stereocenters. The van der Waals surface area contributed by atoms with Crippen LogP contribution in [0.5, 0.6) is 5.88 Å². The van der Waals surface area contributed by atoms with Crippen molar-refractivity contribution in [2.45, 2.75) is 139 Å². The van der Waals surface area contributed by atoms with Crippen LogP contribution in [0.1, 0.15) is 103 Å². The van der Waals surface area contributed by atoms with E-state index in [4.69, 9.17) is 25.9 Å².